The van der Waals surface area contributed by atoms with Gasteiger partial charge in [0.2, 0.25) is 11.8 Å². The lowest BCUT2D eigenvalue weighted by atomic mass is 9.96. The molecular formula is C16H21N3O3. The number of hydrogen-bond donors (Lipinski definition) is 1. The zero-order valence-corrected chi connectivity index (χ0v) is 12.5. The van der Waals surface area contributed by atoms with Crippen LogP contribution in [-0.2, 0) is 9.59 Å². The van der Waals surface area contributed by atoms with Gasteiger partial charge in [0.15, 0.2) is 0 Å². The van der Waals surface area contributed by atoms with Crippen LogP contribution in [0.15, 0.2) is 24.5 Å². The summed E-state index contributed by atoms with van der Waals surface area (Å²) in [5.74, 6) is 0.890. The predicted octanol–water partition coefficient (Wildman–Crippen LogP) is 0.978. The third-order valence-corrected chi connectivity index (χ3v) is 4.26. The number of nitrogens with zero attached hydrogens (tertiary/aromatic N) is 2. The number of piperidine rings is 2. The molecule has 22 heavy (non-hydrogen) atoms. The van der Waals surface area contributed by atoms with E-state index in [9.17, 15) is 9.59 Å². The first kappa shape index (κ1) is 14.8. The van der Waals surface area contributed by atoms with Crippen LogP contribution in [0.1, 0.15) is 25.7 Å². The molecule has 1 aromatic heterocycles. The van der Waals surface area contributed by atoms with Gasteiger partial charge < -0.3 is 15.0 Å². The van der Waals surface area contributed by atoms with E-state index in [4.69, 9.17) is 4.74 Å². The smallest absolute Gasteiger partial charge is 0.227 e. The van der Waals surface area contributed by atoms with E-state index in [1.54, 1.807) is 12.4 Å². The fourth-order valence-corrected chi connectivity index (χ4v) is 3.05. The molecular weight excluding hydrogens is 282 g/mol. The van der Waals surface area contributed by atoms with Crippen LogP contribution in [0.2, 0.25) is 0 Å². The minimum atomic E-state index is -0.0858. The highest BCUT2D eigenvalue weighted by atomic mass is 16.5. The number of nitrogens with one attached hydrogen (secondary N) is 1. The monoisotopic (exact) mass is 303 g/mol. The first-order valence-corrected chi connectivity index (χ1v) is 7.84. The number of carbonyl (C=O) groups is 2. The van der Waals surface area contributed by atoms with E-state index >= 15 is 0 Å². The van der Waals surface area contributed by atoms with E-state index in [-0.39, 0.29) is 23.8 Å². The number of aromatic nitrogens is 1. The third kappa shape index (κ3) is 3.55. The molecule has 2 unspecified atom stereocenters. The summed E-state index contributed by atoms with van der Waals surface area (Å²) in [4.78, 5) is 29.6. The zero-order valence-electron chi connectivity index (χ0n) is 12.5. The first-order valence-electron chi connectivity index (χ1n) is 7.84. The lowest BCUT2D eigenvalue weighted by Gasteiger charge is -2.35. The molecule has 1 N–H and O–H groups in total. The fraction of sp³-hybridized carbons (Fsp3) is 0.562. The molecule has 1 aromatic rings. The Morgan fingerprint density at radius 1 is 1.32 bits per heavy atom. The Hall–Kier alpha value is -2.11. The number of amides is 2. The predicted molar refractivity (Wildman–Crippen MR) is 80.2 cm³/mol. The van der Waals surface area contributed by atoms with Crippen LogP contribution >= 0.6 is 0 Å². The number of carbonyl (C=O) groups excluding carboxylic acids is 2. The summed E-state index contributed by atoms with van der Waals surface area (Å²) in [6, 6.07) is 3.66. The van der Waals surface area contributed by atoms with Crippen LogP contribution in [0.3, 0.4) is 0 Å². The minimum Gasteiger partial charge on any atom is -0.488 e. The molecule has 0 saturated carbocycles. The first-order chi connectivity index (χ1) is 10.7. The highest BCUT2D eigenvalue weighted by Crippen LogP contribution is 2.21. The van der Waals surface area contributed by atoms with Crippen molar-refractivity contribution < 1.29 is 14.3 Å². The molecule has 3 heterocycles. The van der Waals surface area contributed by atoms with Gasteiger partial charge in [0, 0.05) is 31.9 Å². The number of likely N-dealkylation sites (tertiary alicyclic amines) is 1. The molecule has 3 rings (SSSR count). The largest absolute Gasteiger partial charge is 0.488 e. The van der Waals surface area contributed by atoms with E-state index in [0.717, 1.165) is 25.1 Å². The van der Waals surface area contributed by atoms with Gasteiger partial charge in [0.25, 0.3) is 0 Å². The van der Waals surface area contributed by atoms with E-state index < -0.39 is 0 Å². The topological polar surface area (TPSA) is 71.5 Å². The number of ether oxygens (including phenoxy) is 1. The van der Waals surface area contributed by atoms with Crippen LogP contribution in [-0.4, -0.2) is 47.4 Å². The normalized spacial score (nSPS) is 25.5. The van der Waals surface area contributed by atoms with Crippen molar-refractivity contribution in [1.29, 1.82) is 0 Å². The summed E-state index contributed by atoms with van der Waals surface area (Å²) >= 11 is 0. The van der Waals surface area contributed by atoms with E-state index in [1.807, 2.05) is 17.0 Å². The average molecular weight is 303 g/mol. The van der Waals surface area contributed by atoms with E-state index in [0.29, 0.717) is 25.9 Å². The molecule has 0 spiro atoms. The highest BCUT2D eigenvalue weighted by Gasteiger charge is 2.31. The van der Waals surface area contributed by atoms with Crippen molar-refractivity contribution in [1.82, 2.24) is 15.2 Å². The lowest BCUT2D eigenvalue weighted by Crippen LogP contribution is -2.50. The van der Waals surface area contributed by atoms with Gasteiger partial charge in [-0.1, -0.05) is 0 Å². The molecule has 2 aliphatic rings. The van der Waals surface area contributed by atoms with Crippen molar-refractivity contribution in [3.63, 3.8) is 0 Å². The molecule has 0 bridgehead atoms. The SMILES string of the molecule is O=C1CCC(C(=O)N2CCCC(Oc3ccncc3)C2)CN1. The minimum absolute atomic E-state index is 0.0262. The standard InChI is InChI=1S/C16H21N3O3/c20-15-4-3-12(10-18-15)16(21)19-9-1-2-14(11-19)22-13-5-7-17-8-6-13/h5-8,12,14H,1-4,9-11H2,(H,18,20). The maximum Gasteiger partial charge on any atom is 0.227 e. The summed E-state index contributed by atoms with van der Waals surface area (Å²) in [7, 11) is 0. The molecule has 118 valence electrons. The van der Waals surface area contributed by atoms with Gasteiger partial charge in [-0.3, -0.25) is 14.6 Å². The Kier molecular flexibility index (Phi) is 4.56. The van der Waals surface area contributed by atoms with Crippen LogP contribution in [0, 0.1) is 5.92 Å². The molecule has 0 aliphatic carbocycles. The highest BCUT2D eigenvalue weighted by molar-refractivity contribution is 5.83. The summed E-state index contributed by atoms with van der Waals surface area (Å²) in [5, 5.41) is 2.78. The Morgan fingerprint density at radius 3 is 2.86 bits per heavy atom. The van der Waals surface area contributed by atoms with Gasteiger partial charge in [-0.25, -0.2) is 0 Å². The molecule has 2 saturated heterocycles. The van der Waals surface area contributed by atoms with Gasteiger partial charge in [0.05, 0.1) is 12.5 Å². The number of pyridine rings is 1. The third-order valence-electron chi connectivity index (χ3n) is 4.26. The van der Waals surface area contributed by atoms with E-state index in [1.165, 1.54) is 0 Å². The van der Waals surface area contributed by atoms with Crippen molar-refractivity contribution in [2.45, 2.75) is 31.8 Å². The molecule has 6 heteroatoms. The number of rotatable bonds is 3. The van der Waals surface area contributed by atoms with Crippen LogP contribution < -0.4 is 10.1 Å². The Labute approximate surface area is 129 Å². The zero-order chi connectivity index (χ0) is 15.4. The molecule has 2 aliphatic heterocycles. The maximum absolute atomic E-state index is 12.6. The van der Waals surface area contributed by atoms with Gasteiger partial charge in [-0.2, -0.15) is 0 Å². The molecule has 2 amide bonds. The van der Waals surface area contributed by atoms with Crippen LogP contribution in [0.5, 0.6) is 5.75 Å². The van der Waals surface area contributed by atoms with Gasteiger partial charge in [-0.05, 0) is 31.4 Å². The summed E-state index contributed by atoms with van der Waals surface area (Å²) in [6.45, 7) is 1.86. The number of hydrogen-bond acceptors (Lipinski definition) is 4. The maximum atomic E-state index is 12.6. The summed E-state index contributed by atoms with van der Waals surface area (Å²) in [5.41, 5.74) is 0. The van der Waals surface area contributed by atoms with Crippen LogP contribution in [0.4, 0.5) is 0 Å². The Morgan fingerprint density at radius 2 is 2.14 bits per heavy atom. The molecule has 0 radical (unpaired) electrons. The van der Waals surface area contributed by atoms with Crippen molar-refractivity contribution in [3.8, 4) is 5.75 Å². The Bertz CT molecular complexity index is 525. The van der Waals surface area contributed by atoms with E-state index in [2.05, 4.69) is 10.3 Å². The van der Waals surface area contributed by atoms with Crippen LogP contribution in [0.25, 0.3) is 0 Å². The second-order valence-corrected chi connectivity index (χ2v) is 5.89. The molecule has 2 fully saturated rings. The van der Waals surface area contributed by atoms with Crippen molar-refractivity contribution in [3.05, 3.63) is 24.5 Å². The summed E-state index contributed by atoms with van der Waals surface area (Å²) in [6.07, 6.45) is 6.42. The van der Waals surface area contributed by atoms with Gasteiger partial charge in [-0.15, -0.1) is 0 Å². The molecule has 2 atom stereocenters. The van der Waals surface area contributed by atoms with Crippen molar-refractivity contribution in [2.24, 2.45) is 5.92 Å². The molecule has 6 nitrogen and oxygen atoms in total. The van der Waals surface area contributed by atoms with Gasteiger partial charge >= 0.3 is 0 Å². The Balaban J connectivity index is 1.56. The van der Waals surface area contributed by atoms with Crippen molar-refractivity contribution >= 4 is 11.8 Å². The quantitative estimate of drug-likeness (QED) is 0.903. The second kappa shape index (κ2) is 6.77. The lowest BCUT2D eigenvalue weighted by molar-refractivity contribution is -0.140. The second-order valence-electron chi connectivity index (χ2n) is 5.89. The fourth-order valence-electron chi connectivity index (χ4n) is 3.05. The average Bonchev–Trinajstić information content (AvgIpc) is 2.56. The van der Waals surface area contributed by atoms with Crippen molar-refractivity contribution in [2.75, 3.05) is 19.6 Å². The molecule has 0 aromatic carbocycles. The van der Waals surface area contributed by atoms with Gasteiger partial charge in [0.1, 0.15) is 11.9 Å². The summed E-state index contributed by atoms with van der Waals surface area (Å²) < 4.78 is 5.94.